The summed E-state index contributed by atoms with van der Waals surface area (Å²) >= 11 is 0. The van der Waals surface area contributed by atoms with Crippen LogP contribution in [-0.4, -0.2) is 61.2 Å². The molecule has 0 spiro atoms. The summed E-state index contributed by atoms with van der Waals surface area (Å²) in [4.78, 5) is 18.7. The second-order valence-corrected chi connectivity index (χ2v) is 9.47. The molecule has 6 nitrogen and oxygen atoms in total. The second kappa shape index (κ2) is 13.0. The first-order valence-corrected chi connectivity index (χ1v) is 11.2. The normalized spacial score (nSPS) is 25.1. The predicted octanol–water partition coefficient (Wildman–Crippen LogP) is 4.08. The largest absolute Gasteiger partial charge is 0.460 e. The Labute approximate surface area is 195 Å². The average molecular weight is 523 g/mol. The number of rotatable bonds is 8. The highest BCUT2D eigenvalue weighted by molar-refractivity contribution is 14.0. The van der Waals surface area contributed by atoms with Crippen LogP contribution in [0.4, 0.5) is 0 Å². The van der Waals surface area contributed by atoms with Gasteiger partial charge in [0, 0.05) is 38.1 Å². The molecular formula is C22H43IN4O2. The topological polar surface area (TPSA) is 66.0 Å². The number of hydrogen-bond acceptors (Lipinski definition) is 4. The molecule has 2 fully saturated rings. The maximum atomic E-state index is 11.7. The molecule has 2 saturated heterocycles. The van der Waals surface area contributed by atoms with Crippen molar-refractivity contribution in [3.63, 3.8) is 0 Å². The Hall–Kier alpha value is -0.570. The number of halogens is 1. The maximum absolute atomic E-state index is 11.7. The molecule has 2 bridgehead atoms. The van der Waals surface area contributed by atoms with Crippen molar-refractivity contribution in [2.24, 2.45) is 4.99 Å². The van der Waals surface area contributed by atoms with Crippen molar-refractivity contribution in [2.45, 2.75) is 109 Å². The van der Waals surface area contributed by atoms with Crippen LogP contribution >= 0.6 is 24.0 Å². The van der Waals surface area contributed by atoms with E-state index >= 15 is 0 Å². The highest BCUT2D eigenvalue weighted by atomic mass is 127. The van der Waals surface area contributed by atoms with E-state index in [0.717, 1.165) is 50.3 Å². The number of aliphatic imine (C=N–C) groups is 1. The highest BCUT2D eigenvalue weighted by Crippen LogP contribution is 2.32. The van der Waals surface area contributed by atoms with Gasteiger partial charge in [0.25, 0.3) is 0 Å². The number of nitrogens with zero attached hydrogens (tertiary/aromatic N) is 2. The molecule has 0 aromatic heterocycles. The molecule has 0 radical (unpaired) electrons. The summed E-state index contributed by atoms with van der Waals surface area (Å²) in [5.74, 6) is 0.847. The number of nitrogens with one attached hydrogen (secondary N) is 2. The molecule has 29 heavy (non-hydrogen) atoms. The average Bonchev–Trinajstić information content (AvgIpc) is 2.59. The summed E-state index contributed by atoms with van der Waals surface area (Å²) in [6, 6.07) is 1.99. The van der Waals surface area contributed by atoms with Gasteiger partial charge in [0.05, 0.1) is 0 Å². The fourth-order valence-electron chi connectivity index (χ4n) is 4.47. The zero-order valence-corrected chi connectivity index (χ0v) is 21.5. The second-order valence-electron chi connectivity index (χ2n) is 9.47. The molecule has 2 heterocycles. The van der Waals surface area contributed by atoms with Crippen LogP contribution < -0.4 is 10.6 Å². The summed E-state index contributed by atoms with van der Waals surface area (Å²) < 4.78 is 5.34. The fourth-order valence-corrected chi connectivity index (χ4v) is 4.47. The highest BCUT2D eigenvalue weighted by Gasteiger charge is 2.36. The third kappa shape index (κ3) is 9.85. The van der Waals surface area contributed by atoms with Gasteiger partial charge in [-0.3, -0.25) is 9.79 Å². The van der Waals surface area contributed by atoms with Gasteiger partial charge in [0.2, 0.25) is 0 Å². The van der Waals surface area contributed by atoms with E-state index in [0.29, 0.717) is 12.5 Å². The maximum Gasteiger partial charge on any atom is 0.306 e. The standard InChI is InChI=1S/C22H42N4O2.HI/c1-22(2,3)28-20(27)13-8-6-7-9-14-24-21(23-4)25-17-15-18-11-10-12-19(16-17)26(18)5;/h17-19H,6-16H2,1-5H3,(H2,23,24,25);1H. The number of unbranched alkanes of at least 4 members (excludes halogenated alkanes) is 3. The molecule has 7 heteroatoms. The molecule has 0 amide bonds. The van der Waals surface area contributed by atoms with Crippen LogP contribution in [0.2, 0.25) is 0 Å². The molecule has 170 valence electrons. The van der Waals surface area contributed by atoms with Crippen LogP contribution in [0, 0.1) is 0 Å². The molecule has 2 aliphatic rings. The zero-order valence-electron chi connectivity index (χ0n) is 19.1. The quantitative estimate of drug-likeness (QED) is 0.165. The molecule has 0 aromatic rings. The molecule has 0 saturated carbocycles. The van der Waals surface area contributed by atoms with Crippen LogP contribution in [-0.2, 0) is 9.53 Å². The molecular weight excluding hydrogens is 479 g/mol. The zero-order chi connectivity index (χ0) is 20.6. The first kappa shape index (κ1) is 26.5. The number of hydrogen-bond donors (Lipinski definition) is 2. The number of carbonyl (C=O) groups excluding carboxylic acids is 1. The van der Waals surface area contributed by atoms with Crippen molar-refractivity contribution in [3.05, 3.63) is 0 Å². The Balaban J connectivity index is 0.00000420. The van der Waals surface area contributed by atoms with E-state index in [2.05, 4.69) is 27.6 Å². The van der Waals surface area contributed by atoms with Crippen molar-refractivity contribution in [1.82, 2.24) is 15.5 Å². The van der Waals surface area contributed by atoms with Crippen LogP contribution in [0.25, 0.3) is 0 Å². The molecule has 2 aliphatic heterocycles. The first-order chi connectivity index (χ1) is 13.3. The van der Waals surface area contributed by atoms with E-state index in [1.165, 1.54) is 32.1 Å². The van der Waals surface area contributed by atoms with Crippen LogP contribution in [0.1, 0.15) is 85.0 Å². The van der Waals surface area contributed by atoms with Gasteiger partial charge in [-0.15, -0.1) is 24.0 Å². The van der Waals surface area contributed by atoms with Crippen LogP contribution in [0.3, 0.4) is 0 Å². The van der Waals surface area contributed by atoms with Gasteiger partial charge >= 0.3 is 5.97 Å². The Morgan fingerprint density at radius 1 is 1.10 bits per heavy atom. The number of fused-ring (bicyclic) bond motifs is 2. The fraction of sp³-hybridized carbons (Fsp3) is 0.909. The molecule has 2 unspecified atom stereocenters. The predicted molar refractivity (Wildman–Crippen MR) is 131 cm³/mol. The van der Waals surface area contributed by atoms with Gasteiger partial charge in [0.15, 0.2) is 5.96 Å². The molecule has 0 aliphatic carbocycles. The van der Waals surface area contributed by atoms with E-state index in [1.54, 1.807) is 0 Å². The summed E-state index contributed by atoms with van der Waals surface area (Å²) in [7, 11) is 4.15. The number of carbonyl (C=O) groups is 1. The van der Waals surface area contributed by atoms with E-state index in [4.69, 9.17) is 4.74 Å². The summed E-state index contributed by atoms with van der Waals surface area (Å²) in [6.45, 7) is 6.66. The van der Waals surface area contributed by atoms with Gasteiger partial charge in [-0.1, -0.05) is 19.3 Å². The minimum atomic E-state index is -0.379. The lowest BCUT2D eigenvalue weighted by atomic mass is 9.82. The molecule has 0 aromatic carbocycles. The minimum Gasteiger partial charge on any atom is -0.460 e. The van der Waals surface area contributed by atoms with Crippen molar-refractivity contribution in [2.75, 3.05) is 20.6 Å². The SMILES string of the molecule is CN=C(NCCCCCCC(=O)OC(C)(C)C)NC1CC2CCCC(C1)N2C.I. The number of guanidine groups is 1. The molecule has 2 atom stereocenters. The number of piperidine rings is 2. The Kier molecular flexibility index (Phi) is 11.8. The number of esters is 1. The Morgan fingerprint density at radius 3 is 2.31 bits per heavy atom. The third-order valence-electron chi connectivity index (χ3n) is 5.92. The van der Waals surface area contributed by atoms with Gasteiger partial charge in [0.1, 0.15) is 5.60 Å². The first-order valence-electron chi connectivity index (χ1n) is 11.2. The summed E-state index contributed by atoms with van der Waals surface area (Å²) in [5.41, 5.74) is -0.379. The van der Waals surface area contributed by atoms with Crippen molar-refractivity contribution in [3.8, 4) is 0 Å². The van der Waals surface area contributed by atoms with Gasteiger partial charge < -0.3 is 20.3 Å². The van der Waals surface area contributed by atoms with Gasteiger partial charge in [-0.25, -0.2) is 0 Å². The Bertz CT molecular complexity index is 507. The van der Waals surface area contributed by atoms with E-state index < -0.39 is 0 Å². The monoisotopic (exact) mass is 522 g/mol. The van der Waals surface area contributed by atoms with E-state index in [-0.39, 0.29) is 35.5 Å². The van der Waals surface area contributed by atoms with Gasteiger partial charge in [-0.05, 0) is 66.3 Å². The van der Waals surface area contributed by atoms with Crippen molar-refractivity contribution in [1.29, 1.82) is 0 Å². The lowest BCUT2D eigenvalue weighted by Crippen LogP contribution is -2.56. The van der Waals surface area contributed by atoms with Crippen molar-refractivity contribution >= 4 is 35.9 Å². The molecule has 2 rings (SSSR count). The van der Waals surface area contributed by atoms with Crippen LogP contribution in [0.5, 0.6) is 0 Å². The van der Waals surface area contributed by atoms with Crippen molar-refractivity contribution < 1.29 is 9.53 Å². The minimum absolute atomic E-state index is 0. The lowest BCUT2D eigenvalue weighted by molar-refractivity contribution is -0.154. The van der Waals surface area contributed by atoms with E-state index in [1.807, 2.05) is 27.8 Å². The summed E-state index contributed by atoms with van der Waals surface area (Å²) in [5, 5.41) is 7.10. The Morgan fingerprint density at radius 2 is 1.72 bits per heavy atom. The lowest BCUT2D eigenvalue weighted by Gasteiger charge is -2.47. The molecule has 2 N–H and O–H groups in total. The van der Waals surface area contributed by atoms with Crippen LogP contribution in [0.15, 0.2) is 4.99 Å². The van der Waals surface area contributed by atoms with E-state index in [9.17, 15) is 4.79 Å². The number of ether oxygens (including phenoxy) is 1. The third-order valence-corrected chi connectivity index (χ3v) is 5.92. The summed E-state index contributed by atoms with van der Waals surface area (Å²) in [6.07, 6.45) is 11.2. The smallest absolute Gasteiger partial charge is 0.306 e. The van der Waals surface area contributed by atoms with Gasteiger partial charge in [-0.2, -0.15) is 0 Å².